The van der Waals surface area contributed by atoms with Crippen molar-refractivity contribution in [3.63, 3.8) is 0 Å². The van der Waals surface area contributed by atoms with Crippen LogP contribution in [0.15, 0.2) is 58.3 Å². The number of nitrogens with zero attached hydrogens (tertiary/aromatic N) is 7. The van der Waals surface area contributed by atoms with E-state index in [0.29, 0.717) is 24.6 Å². The van der Waals surface area contributed by atoms with Crippen molar-refractivity contribution in [1.82, 2.24) is 30.7 Å². The molecule has 0 radical (unpaired) electrons. The Labute approximate surface area is 213 Å². The van der Waals surface area contributed by atoms with Crippen molar-refractivity contribution in [2.45, 2.75) is 32.7 Å². The average Bonchev–Trinajstić information content (AvgIpc) is 3.53. The van der Waals surface area contributed by atoms with Crippen LogP contribution in [0.2, 0.25) is 0 Å². The highest BCUT2D eigenvalue weighted by atomic mass is 16.6. The highest BCUT2D eigenvalue weighted by Gasteiger charge is 2.27. The van der Waals surface area contributed by atoms with Gasteiger partial charge in [-0.1, -0.05) is 42.5 Å². The molecule has 1 amide bonds. The number of benzene rings is 2. The molecule has 3 N–H and O–H groups in total. The fraction of sp³-hybridized carbons (Fsp3) is 0.280. The minimum atomic E-state index is -0.523. The van der Waals surface area contributed by atoms with Crippen LogP contribution in [0.5, 0.6) is 5.75 Å². The number of amides is 1. The SMILES string of the molecule is CCCOc1ccccc1C=NNC(=O)c1nnn(-c2nonc2N)c1CN1CCCc2ccccc21. The summed E-state index contributed by atoms with van der Waals surface area (Å²) in [6.45, 7) is 3.77. The molecule has 190 valence electrons. The molecule has 5 rings (SSSR count). The van der Waals surface area contributed by atoms with Crippen LogP contribution in [0, 0.1) is 0 Å². The van der Waals surface area contributed by atoms with Crippen molar-refractivity contribution < 1.29 is 14.2 Å². The first-order chi connectivity index (χ1) is 18.2. The number of rotatable bonds is 9. The Bertz CT molecular complexity index is 1410. The molecule has 0 saturated carbocycles. The molecule has 0 saturated heterocycles. The van der Waals surface area contributed by atoms with Gasteiger partial charge in [0, 0.05) is 17.8 Å². The van der Waals surface area contributed by atoms with Gasteiger partial charge in [0.2, 0.25) is 11.6 Å². The Morgan fingerprint density at radius 3 is 2.89 bits per heavy atom. The minimum Gasteiger partial charge on any atom is -0.493 e. The lowest BCUT2D eigenvalue weighted by atomic mass is 10.0. The summed E-state index contributed by atoms with van der Waals surface area (Å²) >= 11 is 0. The second-order valence-electron chi connectivity index (χ2n) is 8.51. The van der Waals surface area contributed by atoms with Crippen LogP contribution in [-0.2, 0) is 13.0 Å². The summed E-state index contributed by atoms with van der Waals surface area (Å²) in [6, 6.07) is 15.7. The van der Waals surface area contributed by atoms with E-state index in [-0.39, 0.29) is 17.3 Å². The highest BCUT2D eigenvalue weighted by molar-refractivity contribution is 5.94. The number of para-hydroxylation sites is 2. The van der Waals surface area contributed by atoms with E-state index in [2.05, 4.69) is 48.2 Å². The number of fused-ring (bicyclic) bond motifs is 1. The smallest absolute Gasteiger partial charge is 0.293 e. The Kier molecular flexibility index (Phi) is 7.06. The summed E-state index contributed by atoms with van der Waals surface area (Å²) in [7, 11) is 0. The zero-order valence-electron chi connectivity index (χ0n) is 20.4. The number of nitrogens with one attached hydrogen (secondary N) is 1. The van der Waals surface area contributed by atoms with Crippen molar-refractivity contribution in [2.24, 2.45) is 5.10 Å². The monoisotopic (exact) mass is 501 g/mol. The average molecular weight is 502 g/mol. The third kappa shape index (κ3) is 5.13. The first-order valence-electron chi connectivity index (χ1n) is 12.1. The van der Waals surface area contributed by atoms with Gasteiger partial charge in [0.25, 0.3) is 5.91 Å². The van der Waals surface area contributed by atoms with Gasteiger partial charge in [-0.3, -0.25) is 4.79 Å². The first kappa shape index (κ1) is 24.0. The van der Waals surface area contributed by atoms with Gasteiger partial charge in [0.1, 0.15) is 5.75 Å². The third-order valence-corrected chi connectivity index (χ3v) is 5.97. The summed E-state index contributed by atoms with van der Waals surface area (Å²) < 4.78 is 11.9. The van der Waals surface area contributed by atoms with Gasteiger partial charge >= 0.3 is 0 Å². The van der Waals surface area contributed by atoms with E-state index in [1.54, 1.807) is 0 Å². The van der Waals surface area contributed by atoms with Crippen molar-refractivity contribution in [1.29, 1.82) is 0 Å². The van der Waals surface area contributed by atoms with E-state index < -0.39 is 5.91 Å². The number of hydrogen-bond donors (Lipinski definition) is 2. The van der Waals surface area contributed by atoms with Crippen LogP contribution in [0.1, 0.15) is 47.1 Å². The lowest BCUT2D eigenvalue weighted by Crippen LogP contribution is -2.31. The number of ether oxygens (including phenoxy) is 1. The highest BCUT2D eigenvalue weighted by Crippen LogP contribution is 2.29. The quantitative estimate of drug-likeness (QED) is 0.261. The van der Waals surface area contributed by atoms with E-state index in [4.69, 9.17) is 15.1 Å². The summed E-state index contributed by atoms with van der Waals surface area (Å²) in [5.74, 6) is 0.368. The molecule has 0 fully saturated rings. The van der Waals surface area contributed by atoms with Gasteiger partial charge in [-0.2, -0.15) is 9.78 Å². The van der Waals surface area contributed by atoms with Gasteiger partial charge in [-0.05, 0) is 53.3 Å². The third-order valence-electron chi connectivity index (χ3n) is 5.97. The molecular weight excluding hydrogens is 474 g/mol. The van der Waals surface area contributed by atoms with E-state index in [1.807, 2.05) is 43.3 Å². The molecule has 0 bridgehead atoms. The molecule has 0 aliphatic carbocycles. The number of anilines is 2. The fourth-order valence-corrected chi connectivity index (χ4v) is 4.23. The van der Waals surface area contributed by atoms with Crippen LogP contribution in [-0.4, -0.2) is 50.6 Å². The van der Waals surface area contributed by atoms with E-state index in [1.165, 1.54) is 16.5 Å². The summed E-state index contributed by atoms with van der Waals surface area (Å²) in [6.07, 6.45) is 4.40. The van der Waals surface area contributed by atoms with Gasteiger partial charge in [0.05, 0.1) is 25.1 Å². The van der Waals surface area contributed by atoms with Crippen LogP contribution < -0.4 is 20.8 Å². The molecule has 0 unspecified atom stereocenters. The molecular formula is C25H27N9O3. The second kappa shape index (κ2) is 10.9. The maximum atomic E-state index is 13.2. The molecule has 0 spiro atoms. The van der Waals surface area contributed by atoms with Crippen molar-refractivity contribution in [3.8, 4) is 11.6 Å². The number of nitrogens with two attached hydrogens (primary N) is 1. The number of carbonyl (C=O) groups excluding carboxylic acids is 1. The number of aromatic nitrogens is 5. The molecule has 2 aromatic carbocycles. The topological polar surface area (TPSA) is 150 Å². The van der Waals surface area contributed by atoms with Gasteiger partial charge in [-0.15, -0.1) is 5.10 Å². The number of hydrazone groups is 1. The van der Waals surface area contributed by atoms with E-state index >= 15 is 0 Å². The second-order valence-corrected chi connectivity index (χ2v) is 8.51. The molecule has 4 aromatic rings. The normalized spacial score (nSPS) is 13.1. The number of carbonyl (C=O) groups is 1. The van der Waals surface area contributed by atoms with Gasteiger partial charge in [0.15, 0.2) is 5.69 Å². The van der Waals surface area contributed by atoms with E-state index in [0.717, 1.165) is 37.1 Å². The van der Waals surface area contributed by atoms with Gasteiger partial charge < -0.3 is 15.4 Å². The van der Waals surface area contributed by atoms with Crippen molar-refractivity contribution >= 4 is 23.6 Å². The predicted octanol–water partition coefficient (Wildman–Crippen LogP) is 2.74. The van der Waals surface area contributed by atoms with Crippen molar-refractivity contribution in [2.75, 3.05) is 23.8 Å². The Balaban J connectivity index is 1.42. The fourth-order valence-electron chi connectivity index (χ4n) is 4.23. The molecule has 1 aliphatic rings. The van der Waals surface area contributed by atoms with Gasteiger partial charge in [-0.25, -0.2) is 10.1 Å². The molecule has 12 heteroatoms. The Morgan fingerprint density at radius 1 is 1.22 bits per heavy atom. The van der Waals surface area contributed by atoms with Crippen LogP contribution in [0.4, 0.5) is 11.5 Å². The summed E-state index contributed by atoms with van der Waals surface area (Å²) in [5, 5.41) is 19.9. The number of hydrogen-bond acceptors (Lipinski definition) is 10. The molecule has 12 nitrogen and oxygen atoms in total. The Morgan fingerprint density at radius 2 is 2.05 bits per heavy atom. The van der Waals surface area contributed by atoms with Crippen molar-refractivity contribution in [3.05, 3.63) is 71.0 Å². The summed E-state index contributed by atoms with van der Waals surface area (Å²) in [4.78, 5) is 15.4. The molecule has 37 heavy (non-hydrogen) atoms. The predicted molar refractivity (Wildman–Crippen MR) is 137 cm³/mol. The van der Waals surface area contributed by atoms with Crippen LogP contribution in [0.3, 0.4) is 0 Å². The molecule has 3 heterocycles. The van der Waals surface area contributed by atoms with Crippen LogP contribution >= 0.6 is 0 Å². The first-order valence-corrected chi connectivity index (χ1v) is 12.1. The van der Waals surface area contributed by atoms with E-state index in [9.17, 15) is 4.79 Å². The van der Waals surface area contributed by atoms with Crippen LogP contribution in [0.25, 0.3) is 5.82 Å². The maximum Gasteiger partial charge on any atom is 0.293 e. The largest absolute Gasteiger partial charge is 0.493 e. The number of nitrogen functional groups attached to an aromatic ring is 1. The molecule has 2 aromatic heterocycles. The Hall–Kier alpha value is -4.74. The minimum absolute atomic E-state index is 0.0406. The maximum absolute atomic E-state index is 13.2. The molecule has 1 aliphatic heterocycles. The lowest BCUT2D eigenvalue weighted by molar-refractivity contribution is 0.0949. The number of aryl methyl sites for hydroxylation is 1. The summed E-state index contributed by atoms with van der Waals surface area (Å²) in [5.41, 5.74) is 12.1. The molecule has 0 atom stereocenters. The lowest BCUT2D eigenvalue weighted by Gasteiger charge is -2.31. The zero-order chi connectivity index (χ0) is 25.6. The zero-order valence-corrected chi connectivity index (χ0v) is 20.4. The standard InChI is InChI=1S/C25H27N9O3/c1-2-14-36-21-12-6-4-9-18(21)15-27-29-25(35)22-20(34(32-28-22)24-23(26)30-37-31-24)16-33-13-7-10-17-8-3-5-11-19(17)33/h3-6,8-9,11-12,15H,2,7,10,13-14,16H2,1H3,(H2,26,30)(H,29,35).